The molecule has 136 valence electrons. The number of hydrogen-bond acceptors (Lipinski definition) is 4. The fourth-order valence-electron chi connectivity index (χ4n) is 2.48. The first-order chi connectivity index (χ1) is 12.5. The van der Waals surface area contributed by atoms with Crippen molar-refractivity contribution in [2.45, 2.75) is 24.6 Å². The average molecular weight is 371 g/mol. The van der Waals surface area contributed by atoms with Crippen molar-refractivity contribution in [1.82, 2.24) is 5.32 Å². The molecule has 26 heavy (non-hydrogen) atoms. The van der Waals surface area contributed by atoms with Crippen molar-refractivity contribution in [3.63, 3.8) is 0 Å². The largest absolute Gasteiger partial charge is 0.480 e. The van der Waals surface area contributed by atoms with Crippen LogP contribution < -0.4 is 5.32 Å². The van der Waals surface area contributed by atoms with E-state index in [-0.39, 0.29) is 23.2 Å². The van der Waals surface area contributed by atoms with Crippen molar-refractivity contribution in [3.8, 4) is 0 Å². The second kappa shape index (κ2) is 9.77. The van der Waals surface area contributed by atoms with Crippen LogP contribution in [-0.2, 0) is 9.59 Å². The molecule has 5 nitrogen and oxygen atoms in total. The number of aliphatic carboxylic acids is 1. The van der Waals surface area contributed by atoms with Crippen molar-refractivity contribution in [2.75, 3.05) is 5.75 Å². The molecule has 2 N–H and O–H groups in total. The lowest BCUT2D eigenvalue weighted by atomic mass is 10.0. The molecule has 1 amide bonds. The summed E-state index contributed by atoms with van der Waals surface area (Å²) >= 11 is 1.36. The highest BCUT2D eigenvalue weighted by Gasteiger charge is 2.23. The summed E-state index contributed by atoms with van der Waals surface area (Å²) in [5.74, 6) is -1.31. The standard InChI is InChI=1S/C20H21NO4S/c1-14(22)21-17(20(24)25)13-26-19(16-10-6-3-7-11-16)12-18(23)15-8-4-2-5-9-15/h2-11,17,19H,12-13H2,1H3,(H,21,22)(H,24,25)/t17-,19-/m1/s1. The molecular weight excluding hydrogens is 350 g/mol. The van der Waals surface area contributed by atoms with E-state index >= 15 is 0 Å². The smallest absolute Gasteiger partial charge is 0.327 e. The predicted octanol–water partition coefficient (Wildman–Crippen LogP) is 3.32. The Kier molecular flexibility index (Phi) is 7.41. The van der Waals surface area contributed by atoms with Gasteiger partial charge in [-0.2, -0.15) is 11.8 Å². The number of carboxylic acid groups (broad SMARTS) is 1. The highest BCUT2D eigenvalue weighted by Crippen LogP contribution is 2.33. The molecular formula is C20H21NO4S. The number of amides is 1. The molecule has 2 aromatic rings. The molecule has 0 bridgehead atoms. The van der Waals surface area contributed by atoms with E-state index in [1.54, 1.807) is 12.1 Å². The van der Waals surface area contributed by atoms with Crippen LogP contribution in [0.25, 0.3) is 0 Å². The van der Waals surface area contributed by atoms with Gasteiger partial charge in [0.1, 0.15) is 6.04 Å². The third-order valence-corrected chi connectivity index (χ3v) is 5.14. The minimum atomic E-state index is -1.09. The van der Waals surface area contributed by atoms with E-state index in [0.717, 1.165) is 5.56 Å². The van der Waals surface area contributed by atoms with Gasteiger partial charge in [0.05, 0.1) is 0 Å². The van der Waals surface area contributed by atoms with E-state index in [9.17, 15) is 19.5 Å². The summed E-state index contributed by atoms with van der Waals surface area (Å²) in [6, 6.07) is 17.5. The van der Waals surface area contributed by atoms with Gasteiger partial charge in [-0.25, -0.2) is 4.79 Å². The molecule has 0 aromatic heterocycles. The van der Waals surface area contributed by atoms with E-state index in [0.29, 0.717) is 5.56 Å². The van der Waals surface area contributed by atoms with Gasteiger partial charge in [-0.05, 0) is 5.56 Å². The molecule has 2 aromatic carbocycles. The molecule has 0 radical (unpaired) electrons. The average Bonchev–Trinajstić information content (AvgIpc) is 2.64. The van der Waals surface area contributed by atoms with Gasteiger partial charge in [0.25, 0.3) is 0 Å². The summed E-state index contributed by atoms with van der Waals surface area (Å²) in [4.78, 5) is 35.1. The van der Waals surface area contributed by atoms with Gasteiger partial charge >= 0.3 is 5.97 Å². The van der Waals surface area contributed by atoms with Gasteiger partial charge < -0.3 is 10.4 Å². The van der Waals surface area contributed by atoms with Crippen LogP contribution in [0.2, 0.25) is 0 Å². The number of benzene rings is 2. The second-order valence-corrected chi connectivity index (χ2v) is 7.05. The number of ketones is 1. The van der Waals surface area contributed by atoms with Crippen molar-refractivity contribution in [1.29, 1.82) is 0 Å². The monoisotopic (exact) mass is 371 g/mol. The number of hydrogen-bond donors (Lipinski definition) is 2. The van der Waals surface area contributed by atoms with E-state index in [2.05, 4.69) is 5.32 Å². The minimum absolute atomic E-state index is 0.00152. The summed E-state index contributed by atoms with van der Waals surface area (Å²) in [5.41, 5.74) is 1.58. The zero-order valence-corrected chi connectivity index (χ0v) is 15.2. The van der Waals surface area contributed by atoms with Crippen LogP contribution in [0.3, 0.4) is 0 Å². The van der Waals surface area contributed by atoms with Gasteiger partial charge in [0.15, 0.2) is 5.78 Å². The lowest BCUT2D eigenvalue weighted by molar-refractivity contribution is -0.140. The quantitative estimate of drug-likeness (QED) is 0.661. The third kappa shape index (κ3) is 6.04. The summed E-state index contributed by atoms with van der Waals surface area (Å²) in [6.07, 6.45) is 0.255. The van der Waals surface area contributed by atoms with Crippen molar-refractivity contribution in [2.24, 2.45) is 0 Å². The Bertz CT molecular complexity index is 749. The Balaban J connectivity index is 2.13. The van der Waals surface area contributed by atoms with Crippen LogP contribution in [0.1, 0.15) is 34.5 Å². The zero-order chi connectivity index (χ0) is 18.9. The summed E-state index contributed by atoms with van der Waals surface area (Å²) in [6.45, 7) is 1.29. The summed E-state index contributed by atoms with van der Waals surface area (Å²) in [7, 11) is 0. The van der Waals surface area contributed by atoms with Crippen molar-refractivity contribution >= 4 is 29.4 Å². The van der Waals surface area contributed by atoms with Gasteiger partial charge in [0.2, 0.25) is 5.91 Å². The Morgan fingerprint density at radius 1 is 1.00 bits per heavy atom. The Morgan fingerprint density at radius 3 is 2.12 bits per heavy atom. The Morgan fingerprint density at radius 2 is 1.58 bits per heavy atom. The fraction of sp³-hybridized carbons (Fsp3) is 0.250. The number of nitrogens with one attached hydrogen (secondary N) is 1. The molecule has 6 heteroatoms. The molecule has 0 heterocycles. The molecule has 0 saturated heterocycles. The lowest BCUT2D eigenvalue weighted by Gasteiger charge is -2.19. The van der Waals surface area contributed by atoms with Crippen LogP contribution in [0.5, 0.6) is 0 Å². The van der Waals surface area contributed by atoms with Crippen LogP contribution >= 0.6 is 11.8 Å². The van der Waals surface area contributed by atoms with Crippen molar-refractivity contribution in [3.05, 3.63) is 71.8 Å². The van der Waals surface area contributed by atoms with E-state index in [1.165, 1.54) is 18.7 Å². The highest BCUT2D eigenvalue weighted by molar-refractivity contribution is 7.99. The van der Waals surface area contributed by atoms with Gasteiger partial charge in [-0.3, -0.25) is 9.59 Å². The predicted molar refractivity (Wildman–Crippen MR) is 102 cm³/mol. The van der Waals surface area contributed by atoms with Gasteiger partial charge in [-0.1, -0.05) is 60.7 Å². The van der Waals surface area contributed by atoms with E-state index < -0.39 is 17.9 Å². The molecule has 0 spiro atoms. The Hall–Kier alpha value is -2.60. The number of carbonyl (C=O) groups is 3. The Labute approximate surface area is 156 Å². The second-order valence-electron chi connectivity index (χ2n) is 5.82. The fourth-order valence-corrected chi connectivity index (χ4v) is 3.75. The lowest BCUT2D eigenvalue weighted by Crippen LogP contribution is -2.41. The van der Waals surface area contributed by atoms with E-state index in [1.807, 2.05) is 48.5 Å². The maximum atomic E-state index is 12.6. The van der Waals surface area contributed by atoms with Crippen LogP contribution in [0, 0.1) is 0 Å². The number of rotatable bonds is 9. The maximum Gasteiger partial charge on any atom is 0.327 e. The number of thioether (sulfide) groups is 1. The molecule has 0 saturated carbocycles. The first-order valence-corrected chi connectivity index (χ1v) is 9.27. The van der Waals surface area contributed by atoms with Crippen LogP contribution in [-0.4, -0.2) is 34.6 Å². The number of Topliss-reactive ketones (excluding diaryl/α,β-unsaturated/α-hetero) is 1. The number of carboxylic acids is 1. The zero-order valence-electron chi connectivity index (χ0n) is 14.4. The normalized spacial score (nSPS) is 12.8. The summed E-state index contributed by atoms with van der Waals surface area (Å²) < 4.78 is 0. The molecule has 0 aliphatic rings. The number of carbonyl (C=O) groups excluding carboxylic acids is 2. The van der Waals surface area contributed by atoms with E-state index in [4.69, 9.17) is 0 Å². The maximum absolute atomic E-state index is 12.6. The minimum Gasteiger partial charge on any atom is -0.480 e. The third-order valence-electron chi connectivity index (χ3n) is 3.78. The molecule has 0 aliphatic heterocycles. The SMILES string of the molecule is CC(=O)N[C@H](CS[C@H](CC(=O)c1ccccc1)c1ccccc1)C(=O)O. The van der Waals surface area contributed by atoms with Crippen LogP contribution in [0.15, 0.2) is 60.7 Å². The molecule has 0 fully saturated rings. The summed E-state index contributed by atoms with van der Waals surface area (Å²) in [5, 5.41) is 11.5. The van der Waals surface area contributed by atoms with Gasteiger partial charge in [0, 0.05) is 29.9 Å². The molecule has 2 atom stereocenters. The van der Waals surface area contributed by atoms with Gasteiger partial charge in [-0.15, -0.1) is 0 Å². The highest BCUT2D eigenvalue weighted by atomic mass is 32.2. The van der Waals surface area contributed by atoms with Crippen molar-refractivity contribution < 1.29 is 19.5 Å². The first kappa shape index (κ1) is 19.7. The van der Waals surface area contributed by atoms with Crippen LogP contribution in [0.4, 0.5) is 0 Å². The topological polar surface area (TPSA) is 83.5 Å². The molecule has 0 aliphatic carbocycles. The first-order valence-electron chi connectivity index (χ1n) is 8.22. The molecule has 2 rings (SSSR count). The molecule has 0 unspecified atom stereocenters.